The number of carbonyl (C=O) groups is 3. The van der Waals surface area contributed by atoms with Crippen LogP contribution in [0.4, 0.5) is 0 Å². The number of hydrogen-bond acceptors (Lipinski definition) is 3. The maximum atomic E-state index is 12.5. The molecule has 1 N–H and O–H groups in total. The SMILES string of the molecule is CCC(C)(C)C(=O)C(=O)N1CCc2ccccc2C1C(=O)O. The normalized spacial score (nSPS) is 17.8. The molecule has 2 rings (SSSR count). The van der Waals surface area contributed by atoms with Gasteiger partial charge in [-0.2, -0.15) is 0 Å². The number of amides is 1. The fourth-order valence-electron chi connectivity index (χ4n) is 2.63. The van der Waals surface area contributed by atoms with Crippen LogP contribution in [-0.2, 0) is 20.8 Å². The maximum Gasteiger partial charge on any atom is 0.331 e. The minimum Gasteiger partial charge on any atom is -0.479 e. The van der Waals surface area contributed by atoms with Gasteiger partial charge in [0.25, 0.3) is 5.91 Å². The van der Waals surface area contributed by atoms with E-state index in [0.29, 0.717) is 18.4 Å². The fourth-order valence-corrected chi connectivity index (χ4v) is 2.63. The van der Waals surface area contributed by atoms with Crippen molar-refractivity contribution in [2.24, 2.45) is 5.41 Å². The first-order chi connectivity index (χ1) is 10.3. The predicted octanol–water partition coefficient (Wildman–Crippen LogP) is 2.20. The summed E-state index contributed by atoms with van der Waals surface area (Å²) in [6, 6.07) is 6.09. The van der Waals surface area contributed by atoms with Crippen LogP contribution in [0.15, 0.2) is 24.3 Å². The number of hydrogen-bond donors (Lipinski definition) is 1. The molecule has 0 spiro atoms. The summed E-state index contributed by atoms with van der Waals surface area (Å²) in [5.41, 5.74) is 0.731. The molecular weight excluding hydrogens is 282 g/mol. The third kappa shape index (κ3) is 2.75. The number of benzene rings is 1. The molecule has 1 aliphatic heterocycles. The molecule has 1 aromatic rings. The Bertz CT molecular complexity index is 621. The molecule has 1 heterocycles. The van der Waals surface area contributed by atoms with Crippen LogP contribution in [0.3, 0.4) is 0 Å². The first-order valence-corrected chi connectivity index (χ1v) is 7.45. The molecule has 1 unspecified atom stereocenters. The number of carboxylic acids is 1. The summed E-state index contributed by atoms with van der Waals surface area (Å²) < 4.78 is 0. The van der Waals surface area contributed by atoms with Gasteiger partial charge in [0.1, 0.15) is 0 Å². The molecule has 0 radical (unpaired) electrons. The van der Waals surface area contributed by atoms with Crippen LogP contribution in [0, 0.1) is 5.41 Å². The number of carbonyl (C=O) groups excluding carboxylic acids is 2. The van der Waals surface area contributed by atoms with Crippen LogP contribution in [0.5, 0.6) is 0 Å². The average molecular weight is 303 g/mol. The van der Waals surface area contributed by atoms with Crippen molar-refractivity contribution in [3.8, 4) is 0 Å². The van der Waals surface area contributed by atoms with E-state index in [0.717, 1.165) is 5.56 Å². The molecule has 1 atom stereocenters. The lowest BCUT2D eigenvalue weighted by atomic mass is 9.83. The number of carboxylic acid groups (broad SMARTS) is 1. The number of fused-ring (bicyclic) bond motifs is 1. The molecule has 22 heavy (non-hydrogen) atoms. The van der Waals surface area contributed by atoms with Crippen LogP contribution in [0.25, 0.3) is 0 Å². The zero-order valence-corrected chi connectivity index (χ0v) is 13.1. The van der Waals surface area contributed by atoms with E-state index in [1.54, 1.807) is 26.0 Å². The van der Waals surface area contributed by atoms with Gasteiger partial charge >= 0.3 is 5.97 Å². The van der Waals surface area contributed by atoms with Gasteiger partial charge in [-0.25, -0.2) is 4.79 Å². The van der Waals surface area contributed by atoms with Crippen LogP contribution in [-0.4, -0.2) is 34.2 Å². The average Bonchev–Trinajstić information content (AvgIpc) is 2.51. The van der Waals surface area contributed by atoms with Crippen LogP contribution in [0.2, 0.25) is 0 Å². The lowest BCUT2D eigenvalue weighted by molar-refractivity contribution is -0.157. The van der Waals surface area contributed by atoms with Crippen LogP contribution in [0.1, 0.15) is 44.4 Å². The molecule has 5 heteroatoms. The van der Waals surface area contributed by atoms with Gasteiger partial charge in [-0.3, -0.25) is 9.59 Å². The molecule has 118 valence electrons. The van der Waals surface area contributed by atoms with Crippen molar-refractivity contribution in [2.45, 2.75) is 39.7 Å². The van der Waals surface area contributed by atoms with Crippen molar-refractivity contribution in [2.75, 3.05) is 6.54 Å². The van der Waals surface area contributed by atoms with E-state index < -0.39 is 29.1 Å². The molecule has 1 amide bonds. The van der Waals surface area contributed by atoms with Gasteiger partial charge < -0.3 is 10.0 Å². The van der Waals surface area contributed by atoms with E-state index in [2.05, 4.69) is 0 Å². The number of rotatable bonds is 4. The summed E-state index contributed by atoms with van der Waals surface area (Å²) in [4.78, 5) is 37.8. The lowest BCUT2D eigenvalue weighted by Gasteiger charge is -2.35. The van der Waals surface area contributed by atoms with Gasteiger partial charge in [0.2, 0.25) is 5.78 Å². The minimum atomic E-state index is -1.11. The first-order valence-electron chi connectivity index (χ1n) is 7.45. The van der Waals surface area contributed by atoms with Gasteiger partial charge in [-0.1, -0.05) is 45.0 Å². The quantitative estimate of drug-likeness (QED) is 0.865. The molecule has 1 aromatic carbocycles. The van der Waals surface area contributed by atoms with Crippen molar-refractivity contribution in [3.05, 3.63) is 35.4 Å². The molecule has 5 nitrogen and oxygen atoms in total. The van der Waals surface area contributed by atoms with Crippen LogP contribution < -0.4 is 0 Å². The Kier molecular flexibility index (Phi) is 4.35. The molecule has 1 aliphatic rings. The Balaban J connectivity index is 2.38. The zero-order chi connectivity index (χ0) is 16.5. The Morgan fingerprint density at radius 3 is 2.50 bits per heavy atom. The summed E-state index contributed by atoms with van der Waals surface area (Å²) in [5.74, 6) is -2.34. The number of aliphatic carboxylic acids is 1. The van der Waals surface area contributed by atoms with Crippen LogP contribution >= 0.6 is 0 Å². The van der Waals surface area contributed by atoms with Crippen molar-refractivity contribution in [3.63, 3.8) is 0 Å². The Morgan fingerprint density at radius 1 is 1.27 bits per heavy atom. The zero-order valence-electron chi connectivity index (χ0n) is 13.1. The summed E-state index contributed by atoms with van der Waals surface area (Å²) in [7, 11) is 0. The monoisotopic (exact) mass is 303 g/mol. The largest absolute Gasteiger partial charge is 0.479 e. The van der Waals surface area contributed by atoms with Crippen molar-refractivity contribution in [1.29, 1.82) is 0 Å². The maximum absolute atomic E-state index is 12.5. The second-order valence-corrected chi connectivity index (χ2v) is 6.25. The van der Waals surface area contributed by atoms with E-state index in [4.69, 9.17) is 0 Å². The van der Waals surface area contributed by atoms with Crippen molar-refractivity contribution >= 4 is 17.7 Å². The molecule has 0 aliphatic carbocycles. The molecule has 0 fully saturated rings. The summed E-state index contributed by atoms with van der Waals surface area (Å²) in [6.45, 7) is 5.51. The van der Waals surface area contributed by atoms with Gasteiger partial charge in [0, 0.05) is 12.0 Å². The second kappa shape index (κ2) is 5.91. The standard InChI is InChI=1S/C17H21NO4/c1-4-17(2,3)14(19)15(20)18-10-9-11-7-5-6-8-12(11)13(18)16(21)22/h5-8,13H,4,9-10H2,1-3H3,(H,21,22). The van der Waals surface area contributed by atoms with E-state index in [1.807, 2.05) is 19.1 Å². The summed E-state index contributed by atoms with van der Waals surface area (Å²) in [6.07, 6.45) is 1.09. The van der Waals surface area contributed by atoms with E-state index in [1.165, 1.54) is 4.90 Å². The Labute approximate surface area is 129 Å². The summed E-state index contributed by atoms with van der Waals surface area (Å²) in [5, 5.41) is 9.54. The van der Waals surface area contributed by atoms with Gasteiger partial charge in [-0.05, 0) is 24.0 Å². The van der Waals surface area contributed by atoms with E-state index in [9.17, 15) is 19.5 Å². The lowest BCUT2D eigenvalue weighted by Crippen LogP contribution is -2.49. The fraction of sp³-hybridized carbons (Fsp3) is 0.471. The highest BCUT2D eigenvalue weighted by molar-refractivity contribution is 6.38. The Hall–Kier alpha value is -2.17. The molecule has 0 bridgehead atoms. The number of nitrogens with zero attached hydrogens (tertiary/aromatic N) is 1. The van der Waals surface area contributed by atoms with Gasteiger partial charge in [-0.15, -0.1) is 0 Å². The summed E-state index contributed by atoms with van der Waals surface area (Å²) >= 11 is 0. The van der Waals surface area contributed by atoms with Crippen molar-refractivity contribution < 1.29 is 19.5 Å². The highest BCUT2D eigenvalue weighted by atomic mass is 16.4. The highest BCUT2D eigenvalue weighted by Gasteiger charge is 2.41. The van der Waals surface area contributed by atoms with E-state index in [-0.39, 0.29) is 6.54 Å². The van der Waals surface area contributed by atoms with Gasteiger partial charge in [0.05, 0.1) is 0 Å². The smallest absolute Gasteiger partial charge is 0.331 e. The predicted molar refractivity (Wildman–Crippen MR) is 81.3 cm³/mol. The third-order valence-electron chi connectivity index (χ3n) is 4.47. The Morgan fingerprint density at radius 2 is 1.91 bits per heavy atom. The first kappa shape index (κ1) is 16.2. The minimum absolute atomic E-state index is 0.248. The molecule has 0 saturated heterocycles. The third-order valence-corrected chi connectivity index (χ3v) is 4.47. The molecular formula is C17H21NO4. The highest BCUT2D eigenvalue weighted by Crippen LogP contribution is 2.32. The van der Waals surface area contributed by atoms with Crippen molar-refractivity contribution in [1.82, 2.24) is 4.90 Å². The topological polar surface area (TPSA) is 74.7 Å². The molecule has 0 saturated carbocycles. The number of ketones is 1. The number of Topliss-reactive ketones (excluding diaryl/α,β-unsaturated/α-hetero) is 1. The van der Waals surface area contributed by atoms with Gasteiger partial charge in [0.15, 0.2) is 6.04 Å². The van der Waals surface area contributed by atoms with E-state index >= 15 is 0 Å². The second-order valence-electron chi connectivity index (χ2n) is 6.25. The molecule has 0 aromatic heterocycles.